The topological polar surface area (TPSA) is 58.2 Å². The van der Waals surface area contributed by atoms with Crippen LogP contribution in [0.4, 0.5) is 0 Å². The van der Waals surface area contributed by atoms with Gasteiger partial charge in [-0.05, 0) is 12.8 Å². The van der Waals surface area contributed by atoms with Gasteiger partial charge in [0.15, 0.2) is 0 Å². The van der Waals surface area contributed by atoms with E-state index < -0.39 is 0 Å². The summed E-state index contributed by atoms with van der Waals surface area (Å²) in [5.41, 5.74) is 0. The molecule has 0 spiro atoms. The average molecular weight is 214 g/mol. The van der Waals surface area contributed by atoms with Gasteiger partial charge in [0.1, 0.15) is 0 Å². The van der Waals surface area contributed by atoms with Gasteiger partial charge in [0.05, 0.1) is 0 Å². The number of rotatable bonds is 7. The van der Waals surface area contributed by atoms with Crippen LogP contribution in [-0.2, 0) is 9.59 Å². The Bertz CT molecular complexity index is 203. The lowest BCUT2D eigenvalue weighted by atomic mass is 10.2. The van der Waals surface area contributed by atoms with Crippen molar-refractivity contribution in [2.75, 3.05) is 13.1 Å². The molecule has 0 atom stereocenters. The molecule has 0 aliphatic rings. The summed E-state index contributed by atoms with van der Waals surface area (Å²) in [6.07, 6.45) is 2.34. The number of hydrogen-bond acceptors (Lipinski definition) is 2. The van der Waals surface area contributed by atoms with E-state index in [1.807, 2.05) is 20.8 Å². The fraction of sp³-hybridized carbons (Fsp3) is 0.818. The average Bonchev–Trinajstić information content (AvgIpc) is 2.22. The lowest BCUT2D eigenvalue weighted by Crippen LogP contribution is -2.29. The molecular formula is C11H22N2O2. The zero-order valence-electron chi connectivity index (χ0n) is 9.93. The highest BCUT2D eigenvalue weighted by molar-refractivity contribution is 5.77. The lowest BCUT2D eigenvalue weighted by Gasteiger charge is -2.07. The summed E-state index contributed by atoms with van der Waals surface area (Å²) >= 11 is 0. The van der Waals surface area contributed by atoms with E-state index in [2.05, 4.69) is 10.6 Å². The van der Waals surface area contributed by atoms with Crippen LogP contribution in [0.5, 0.6) is 0 Å². The summed E-state index contributed by atoms with van der Waals surface area (Å²) in [6.45, 7) is 6.97. The van der Waals surface area contributed by atoms with Crippen LogP contribution < -0.4 is 10.6 Å². The second-order valence-electron chi connectivity index (χ2n) is 3.86. The van der Waals surface area contributed by atoms with E-state index in [9.17, 15) is 9.59 Å². The number of hydrogen-bond donors (Lipinski definition) is 2. The molecule has 0 aliphatic heterocycles. The normalized spacial score (nSPS) is 10.1. The van der Waals surface area contributed by atoms with Gasteiger partial charge in [-0.2, -0.15) is 0 Å². The highest BCUT2D eigenvalue weighted by Crippen LogP contribution is 1.91. The van der Waals surface area contributed by atoms with Crippen LogP contribution in [-0.4, -0.2) is 24.9 Å². The molecule has 0 saturated heterocycles. The van der Waals surface area contributed by atoms with E-state index in [0.29, 0.717) is 19.5 Å². The van der Waals surface area contributed by atoms with Crippen LogP contribution in [0.2, 0.25) is 0 Å². The Kier molecular flexibility index (Phi) is 7.68. The fourth-order valence-electron chi connectivity index (χ4n) is 1.02. The summed E-state index contributed by atoms with van der Waals surface area (Å²) < 4.78 is 0. The Morgan fingerprint density at radius 2 is 1.60 bits per heavy atom. The third-order valence-corrected chi connectivity index (χ3v) is 2.07. The van der Waals surface area contributed by atoms with Gasteiger partial charge >= 0.3 is 0 Å². The van der Waals surface area contributed by atoms with Crippen LogP contribution in [0.1, 0.15) is 40.0 Å². The molecule has 15 heavy (non-hydrogen) atoms. The van der Waals surface area contributed by atoms with Gasteiger partial charge in [-0.15, -0.1) is 0 Å². The monoisotopic (exact) mass is 214 g/mol. The van der Waals surface area contributed by atoms with Gasteiger partial charge in [0.2, 0.25) is 11.8 Å². The maximum Gasteiger partial charge on any atom is 0.222 e. The predicted molar refractivity (Wildman–Crippen MR) is 60.4 cm³/mol. The standard InChI is InChI=1S/C11H22N2O2/c1-4-10(14)12-7-5-6-8-13-11(15)9(2)3/h9H,4-8H2,1-3H3,(H,12,14)(H,13,15). The molecule has 4 heteroatoms. The molecule has 0 heterocycles. The smallest absolute Gasteiger partial charge is 0.222 e. The van der Waals surface area contributed by atoms with Crippen molar-refractivity contribution in [3.8, 4) is 0 Å². The maximum absolute atomic E-state index is 11.1. The van der Waals surface area contributed by atoms with E-state index in [1.165, 1.54) is 0 Å². The minimum atomic E-state index is 0.0461. The number of nitrogens with one attached hydrogen (secondary N) is 2. The fourth-order valence-corrected chi connectivity index (χ4v) is 1.02. The molecule has 0 aromatic carbocycles. The van der Waals surface area contributed by atoms with E-state index in [0.717, 1.165) is 12.8 Å². The van der Waals surface area contributed by atoms with Crippen LogP contribution in [0.3, 0.4) is 0 Å². The first kappa shape index (κ1) is 13.9. The lowest BCUT2D eigenvalue weighted by molar-refractivity contribution is -0.124. The van der Waals surface area contributed by atoms with Crippen molar-refractivity contribution < 1.29 is 9.59 Å². The van der Waals surface area contributed by atoms with Gasteiger partial charge in [-0.25, -0.2) is 0 Å². The first-order valence-electron chi connectivity index (χ1n) is 5.62. The molecule has 0 radical (unpaired) electrons. The molecular weight excluding hydrogens is 192 g/mol. The SMILES string of the molecule is CCC(=O)NCCCCNC(=O)C(C)C. The van der Waals surface area contributed by atoms with Crippen molar-refractivity contribution in [1.29, 1.82) is 0 Å². The second-order valence-corrected chi connectivity index (χ2v) is 3.86. The van der Waals surface area contributed by atoms with Crippen LogP contribution in [0.25, 0.3) is 0 Å². The first-order chi connectivity index (χ1) is 7.07. The summed E-state index contributed by atoms with van der Waals surface area (Å²) in [5, 5.41) is 5.62. The van der Waals surface area contributed by atoms with Crippen LogP contribution >= 0.6 is 0 Å². The number of unbranched alkanes of at least 4 members (excludes halogenated alkanes) is 1. The van der Waals surface area contributed by atoms with Gasteiger partial charge < -0.3 is 10.6 Å². The van der Waals surface area contributed by atoms with Crippen molar-refractivity contribution in [1.82, 2.24) is 10.6 Å². The molecule has 2 N–H and O–H groups in total. The van der Waals surface area contributed by atoms with Gasteiger partial charge in [-0.1, -0.05) is 20.8 Å². The Hall–Kier alpha value is -1.06. The predicted octanol–water partition coefficient (Wildman–Crippen LogP) is 1.06. The van der Waals surface area contributed by atoms with E-state index in [1.54, 1.807) is 0 Å². The van der Waals surface area contributed by atoms with Crippen molar-refractivity contribution >= 4 is 11.8 Å². The molecule has 88 valence electrons. The van der Waals surface area contributed by atoms with Gasteiger partial charge in [-0.3, -0.25) is 9.59 Å². The Balaban J connectivity index is 3.25. The van der Waals surface area contributed by atoms with E-state index in [4.69, 9.17) is 0 Å². The number of carbonyl (C=O) groups excluding carboxylic acids is 2. The van der Waals surface area contributed by atoms with Crippen LogP contribution in [0.15, 0.2) is 0 Å². The third-order valence-electron chi connectivity index (χ3n) is 2.07. The van der Waals surface area contributed by atoms with Crippen molar-refractivity contribution in [2.24, 2.45) is 5.92 Å². The van der Waals surface area contributed by atoms with Gasteiger partial charge in [0, 0.05) is 25.4 Å². The molecule has 0 fully saturated rings. The minimum Gasteiger partial charge on any atom is -0.356 e. The van der Waals surface area contributed by atoms with Crippen LogP contribution in [0, 0.1) is 5.92 Å². The largest absolute Gasteiger partial charge is 0.356 e. The molecule has 0 aliphatic carbocycles. The molecule has 2 amide bonds. The molecule has 0 bridgehead atoms. The highest BCUT2D eigenvalue weighted by Gasteiger charge is 2.04. The summed E-state index contributed by atoms with van der Waals surface area (Å²) in [6, 6.07) is 0. The molecule has 0 aromatic heterocycles. The Morgan fingerprint density at radius 3 is 2.07 bits per heavy atom. The highest BCUT2D eigenvalue weighted by atomic mass is 16.2. The zero-order valence-corrected chi connectivity index (χ0v) is 9.93. The molecule has 4 nitrogen and oxygen atoms in total. The van der Waals surface area contributed by atoms with E-state index in [-0.39, 0.29) is 17.7 Å². The molecule has 0 aromatic rings. The van der Waals surface area contributed by atoms with Crippen molar-refractivity contribution in [2.45, 2.75) is 40.0 Å². The first-order valence-corrected chi connectivity index (χ1v) is 5.62. The van der Waals surface area contributed by atoms with E-state index >= 15 is 0 Å². The summed E-state index contributed by atoms with van der Waals surface area (Å²) in [7, 11) is 0. The number of carbonyl (C=O) groups is 2. The quantitative estimate of drug-likeness (QED) is 0.623. The minimum absolute atomic E-state index is 0.0461. The number of amides is 2. The Labute approximate surface area is 91.8 Å². The second kappa shape index (κ2) is 8.26. The van der Waals surface area contributed by atoms with Crippen molar-refractivity contribution in [3.05, 3.63) is 0 Å². The summed E-state index contributed by atoms with van der Waals surface area (Å²) in [4.78, 5) is 22.0. The molecule has 0 rings (SSSR count). The van der Waals surface area contributed by atoms with Gasteiger partial charge in [0.25, 0.3) is 0 Å². The van der Waals surface area contributed by atoms with Crippen molar-refractivity contribution in [3.63, 3.8) is 0 Å². The maximum atomic E-state index is 11.1. The molecule has 0 unspecified atom stereocenters. The summed E-state index contributed by atoms with van der Waals surface area (Å²) in [5.74, 6) is 0.221. The zero-order chi connectivity index (χ0) is 11.7. The third kappa shape index (κ3) is 7.97. The Morgan fingerprint density at radius 1 is 1.07 bits per heavy atom. The molecule has 0 saturated carbocycles.